The molecule has 0 aliphatic rings. The van der Waals surface area contributed by atoms with Gasteiger partial charge < -0.3 is 10.4 Å². The van der Waals surface area contributed by atoms with Crippen molar-refractivity contribution in [3.8, 4) is 0 Å². The third kappa shape index (κ3) is 3.92. The normalized spacial score (nSPS) is 12.5. The van der Waals surface area contributed by atoms with E-state index in [1.807, 2.05) is 23.0 Å². The van der Waals surface area contributed by atoms with E-state index in [9.17, 15) is 0 Å². The summed E-state index contributed by atoms with van der Waals surface area (Å²) in [5, 5.41) is 16.9. The Morgan fingerprint density at radius 2 is 2.05 bits per heavy atom. The monoisotopic (exact) mass is 273 g/mol. The fourth-order valence-corrected chi connectivity index (χ4v) is 2.39. The average Bonchev–Trinajstić information content (AvgIpc) is 2.96. The molecule has 20 heavy (non-hydrogen) atoms. The molecular weight excluding hydrogens is 250 g/mol. The molecular formula is C16H23N3O. The van der Waals surface area contributed by atoms with E-state index in [4.69, 9.17) is 5.11 Å². The third-order valence-electron chi connectivity index (χ3n) is 3.49. The second kappa shape index (κ2) is 7.82. The van der Waals surface area contributed by atoms with E-state index in [1.54, 1.807) is 0 Å². The molecule has 1 atom stereocenters. The van der Waals surface area contributed by atoms with Crippen molar-refractivity contribution in [1.29, 1.82) is 0 Å². The maximum atomic E-state index is 9.05. The van der Waals surface area contributed by atoms with Gasteiger partial charge in [-0.05, 0) is 31.4 Å². The van der Waals surface area contributed by atoms with Crippen molar-refractivity contribution in [1.82, 2.24) is 15.1 Å². The maximum absolute atomic E-state index is 9.05. The van der Waals surface area contributed by atoms with Gasteiger partial charge in [-0.3, -0.25) is 4.68 Å². The summed E-state index contributed by atoms with van der Waals surface area (Å²) in [5.74, 6) is 0. The van der Waals surface area contributed by atoms with Gasteiger partial charge in [0, 0.05) is 31.9 Å². The fraction of sp³-hybridized carbons (Fsp3) is 0.438. The summed E-state index contributed by atoms with van der Waals surface area (Å²) in [4.78, 5) is 0. The molecule has 1 unspecified atom stereocenters. The molecule has 0 saturated carbocycles. The zero-order chi connectivity index (χ0) is 14.2. The smallest absolute Gasteiger partial charge is 0.0522 e. The van der Waals surface area contributed by atoms with Crippen molar-refractivity contribution in [2.45, 2.75) is 38.9 Å². The van der Waals surface area contributed by atoms with E-state index in [0.29, 0.717) is 0 Å². The Morgan fingerprint density at radius 3 is 2.75 bits per heavy atom. The SMILES string of the molecule is CCn1nccc1CNC(CCCO)c1ccccc1. The number of benzene rings is 1. The zero-order valence-corrected chi connectivity index (χ0v) is 12.0. The molecule has 0 amide bonds. The van der Waals surface area contributed by atoms with Gasteiger partial charge in [-0.2, -0.15) is 5.10 Å². The van der Waals surface area contributed by atoms with E-state index in [1.165, 1.54) is 11.3 Å². The molecule has 0 aliphatic carbocycles. The molecule has 0 radical (unpaired) electrons. The van der Waals surface area contributed by atoms with Crippen LogP contribution in [-0.4, -0.2) is 21.5 Å². The van der Waals surface area contributed by atoms with Crippen LogP contribution in [0.5, 0.6) is 0 Å². The molecule has 108 valence electrons. The van der Waals surface area contributed by atoms with E-state index < -0.39 is 0 Å². The Hall–Kier alpha value is -1.65. The predicted molar refractivity (Wildman–Crippen MR) is 80.2 cm³/mol. The lowest BCUT2D eigenvalue weighted by molar-refractivity contribution is 0.274. The quantitative estimate of drug-likeness (QED) is 0.777. The summed E-state index contributed by atoms with van der Waals surface area (Å²) in [6.07, 6.45) is 3.58. The van der Waals surface area contributed by atoms with Crippen molar-refractivity contribution >= 4 is 0 Å². The summed E-state index contributed by atoms with van der Waals surface area (Å²) in [5.41, 5.74) is 2.46. The zero-order valence-electron chi connectivity index (χ0n) is 12.0. The van der Waals surface area contributed by atoms with Gasteiger partial charge in [-0.25, -0.2) is 0 Å². The maximum Gasteiger partial charge on any atom is 0.0522 e. The highest BCUT2D eigenvalue weighted by molar-refractivity contribution is 5.19. The molecule has 2 rings (SSSR count). The van der Waals surface area contributed by atoms with Gasteiger partial charge in [-0.1, -0.05) is 30.3 Å². The van der Waals surface area contributed by atoms with Crippen molar-refractivity contribution in [3.63, 3.8) is 0 Å². The first-order valence-corrected chi connectivity index (χ1v) is 7.25. The standard InChI is InChI=1S/C16H23N3O/c1-2-19-15(10-11-18-19)13-17-16(9-6-12-20)14-7-4-3-5-8-14/h3-5,7-8,10-11,16-17,20H,2,6,9,12-13H2,1H3. The van der Waals surface area contributed by atoms with Gasteiger partial charge in [0.1, 0.15) is 0 Å². The fourth-order valence-electron chi connectivity index (χ4n) is 2.39. The Bertz CT molecular complexity index is 495. The van der Waals surface area contributed by atoms with Crippen LogP contribution in [0.4, 0.5) is 0 Å². The lowest BCUT2D eigenvalue weighted by Crippen LogP contribution is -2.23. The van der Waals surface area contributed by atoms with Crippen LogP contribution in [0.2, 0.25) is 0 Å². The van der Waals surface area contributed by atoms with Crippen LogP contribution < -0.4 is 5.32 Å². The Kier molecular flexibility index (Phi) is 5.77. The predicted octanol–water partition coefficient (Wildman–Crippen LogP) is 2.51. The number of nitrogens with zero attached hydrogens (tertiary/aromatic N) is 2. The van der Waals surface area contributed by atoms with Gasteiger partial charge in [0.2, 0.25) is 0 Å². The highest BCUT2D eigenvalue weighted by Gasteiger charge is 2.11. The first-order valence-electron chi connectivity index (χ1n) is 7.25. The van der Waals surface area contributed by atoms with Crippen LogP contribution in [0.1, 0.15) is 37.1 Å². The van der Waals surface area contributed by atoms with Crippen LogP contribution in [0.15, 0.2) is 42.6 Å². The summed E-state index contributed by atoms with van der Waals surface area (Å²) in [7, 11) is 0. The number of aliphatic hydroxyl groups is 1. The largest absolute Gasteiger partial charge is 0.396 e. The second-order valence-electron chi connectivity index (χ2n) is 4.85. The summed E-state index contributed by atoms with van der Waals surface area (Å²) in [6.45, 7) is 4.00. The topological polar surface area (TPSA) is 50.1 Å². The van der Waals surface area contributed by atoms with E-state index in [2.05, 4.69) is 41.6 Å². The number of aliphatic hydroxyl groups excluding tert-OH is 1. The number of aromatic nitrogens is 2. The molecule has 0 fully saturated rings. The Balaban J connectivity index is 2.01. The van der Waals surface area contributed by atoms with Crippen LogP contribution in [0.3, 0.4) is 0 Å². The van der Waals surface area contributed by atoms with Gasteiger partial charge in [0.15, 0.2) is 0 Å². The number of hydrogen-bond donors (Lipinski definition) is 2. The molecule has 4 nitrogen and oxygen atoms in total. The van der Waals surface area contributed by atoms with Crippen molar-refractivity contribution in [2.75, 3.05) is 6.61 Å². The van der Waals surface area contributed by atoms with Crippen LogP contribution in [0.25, 0.3) is 0 Å². The molecule has 2 aromatic rings. The molecule has 1 aromatic carbocycles. The van der Waals surface area contributed by atoms with Crippen molar-refractivity contribution in [3.05, 3.63) is 53.9 Å². The van der Waals surface area contributed by atoms with Crippen LogP contribution >= 0.6 is 0 Å². The van der Waals surface area contributed by atoms with Gasteiger partial charge in [-0.15, -0.1) is 0 Å². The Morgan fingerprint density at radius 1 is 1.25 bits per heavy atom. The minimum absolute atomic E-state index is 0.234. The first-order chi connectivity index (χ1) is 9.85. The third-order valence-corrected chi connectivity index (χ3v) is 3.49. The highest BCUT2D eigenvalue weighted by Crippen LogP contribution is 2.18. The summed E-state index contributed by atoms with van der Waals surface area (Å²) >= 11 is 0. The number of aryl methyl sites for hydroxylation is 1. The van der Waals surface area contributed by atoms with Gasteiger partial charge >= 0.3 is 0 Å². The number of hydrogen-bond acceptors (Lipinski definition) is 3. The Labute approximate surface area is 120 Å². The van der Waals surface area contributed by atoms with Gasteiger partial charge in [0.05, 0.1) is 5.69 Å². The lowest BCUT2D eigenvalue weighted by atomic mass is 10.0. The van der Waals surface area contributed by atoms with Crippen LogP contribution in [-0.2, 0) is 13.1 Å². The molecule has 0 spiro atoms. The van der Waals surface area contributed by atoms with Crippen LogP contribution in [0, 0.1) is 0 Å². The van der Waals surface area contributed by atoms with E-state index >= 15 is 0 Å². The highest BCUT2D eigenvalue weighted by atomic mass is 16.2. The second-order valence-corrected chi connectivity index (χ2v) is 4.85. The minimum Gasteiger partial charge on any atom is -0.396 e. The summed E-state index contributed by atoms with van der Waals surface area (Å²) < 4.78 is 2.00. The van der Waals surface area contributed by atoms with Crippen molar-refractivity contribution < 1.29 is 5.11 Å². The molecule has 0 saturated heterocycles. The summed E-state index contributed by atoms with van der Waals surface area (Å²) in [6, 6.07) is 12.7. The minimum atomic E-state index is 0.234. The molecule has 0 aliphatic heterocycles. The number of nitrogens with one attached hydrogen (secondary N) is 1. The first kappa shape index (κ1) is 14.8. The lowest BCUT2D eigenvalue weighted by Gasteiger charge is -2.19. The van der Waals surface area contributed by atoms with E-state index in [-0.39, 0.29) is 12.6 Å². The van der Waals surface area contributed by atoms with Gasteiger partial charge in [0.25, 0.3) is 0 Å². The molecule has 4 heteroatoms. The van der Waals surface area contributed by atoms with E-state index in [0.717, 1.165) is 25.9 Å². The average molecular weight is 273 g/mol. The molecule has 2 N–H and O–H groups in total. The van der Waals surface area contributed by atoms with Crippen molar-refractivity contribution in [2.24, 2.45) is 0 Å². The molecule has 1 heterocycles. The number of rotatable bonds is 8. The molecule has 0 bridgehead atoms. The molecule has 1 aromatic heterocycles.